The Morgan fingerprint density at radius 3 is 2.30 bits per heavy atom. The van der Waals surface area contributed by atoms with Crippen LogP contribution >= 0.6 is 0 Å². The first-order valence-electron chi connectivity index (χ1n) is 9.28. The van der Waals surface area contributed by atoms with Crippen molar-refractivity contribution in [1.29, 1.82) is 0 Å². The van der Waals surface area contributed by atoms with Gasteiger partial charge < -0.3 is 9.32 Å². The average molecular weight is 391 g/mol. The molecule has 0 spiro atoms. The first-order chi connectivity index (χ1) is 12.9. The Hall–Kier alpha value is -2.12. The molecule has 1 fully saturated rings. The number of carbonyl (C=O) groups is 1. The molecule has 0 bridgehead atoms. The number of amides is 1. The Morgan fingerprint density at radius 2 is 1.74 bits per heavy atom. The molecular formula is C20H26N2O4S. The second-order valence-corrected chi connectivity index (χ2v) is 9.03. The quantitative estimate of drug-likeness (QED) is 0.760. The Balaban J connectivity index is 1.56. The normalized spacial score (nSPS) is 16.0. The summed E-state index contributed by atoms with van der Waals surface area (Å²) < 4.78 is 32.4. The minimum Gasteiger partial charge on any atom is -0.469 e. The van der Waals surface area contributed by atoms with Gasteiger partial charge >= 0.3 is 0 Å². The van der Waals surface area contributed by atoms with Gasteiger partial charge in [-0.05, 0) is 35.7 Å². The number of aryl methyl sites for hydroxylation is 1. The van der Waals surface area contributed by atoms with Gasteiger partial charge in [0.2, 0.25) is 15.9 Å². The number of hydrogen-bond acceptors (Lipinski definition) is 4. The highest BCUT2D eigenvalue weighted by atomic mass is 32.2. The number of carbonyl (C=O) groups excluding carboxylic acids is 1. The lowest BCUT2D eigenvalue weighted by molar-refractivity contribution is -0.132. The van der Waals surface area contributed by atoms with Gasteiger partial charge in [-0.3, -0.25) is 4.79 Å². The van der Waals surface area contributed by atoms with Gasteiger partial charge in [0.1, 0.15) is 5.76 Å². The lowest BCUT2D eigenvalue weighted by Gasteiger charge is -2.34. The van der Waals surface area contributed by atoms with Crippen LogP contribution in [0.25, 0.3) is 0 Å². The fourth-order valence-corrected chi connectivity index (χ4v) is 4.62. The van der Waals surface area contributed by atoms with Crippen LogP contribution in [0.4, 0.5) is 0 Å². The van der Waals surface area contributed by atoms with Crippen molar-refractivity contribution in [2.45, 2.75) is 37.5 Å². The predicted molar refractivity (Wildman–Crippen MR) is 103 cm³/mol. The summed E-state index contributed by atoms with van der Waals surface area (Å²) >= 11 is 0. The highest BCUT2D eigenvalue weighted by Gasteiger charge is 2.30. The predicted octanol–water partition coefficient (Wildman–Crippen LogP) is 2.87. The summed E-state index contributed by atoms with van der Waals surface area (Å²) in [5, 5.41) is 0. The molecule has 0 aliphatic carbocycles. The van der Waals surface area contributed by atoms with Crippen molar-refractivity contribution in [3.63, 3.8) is 0 Å². The maximum absolute atomic E-state index is 12.8. The van der Waals surface area contributed by atoms with Crippen molar-refractivity contribution in [3.05, 3.63) is 54.0 Å². The van der Waals surface area contributed by atoms with Crippen molar-refractivity contribution in [1.82, 2.24) is 9.21 Å². The third kappa shape index (κ3) is 4.59. The molecule has 1 aromatic carbocycles. The zero-order valence-corrected chi connectivity index (χ0v) is 16.6. The molecule has 1 aliphatic rings. The number of rotatable bonds is 6. The van der Waals surface area contributed by atoms with E-state index in [0.717, 1.165) is 11.3 Å². The topological polar surface area (TPSA) is 70.8 Å². The number of nitrogens with zero attached hydrogens (tertiary/aromatic N) is 2. The molecule has 0 saturated carbocycles. The van der Waals surface area contributed by atoms with Crippen LogP contribution in [-0.2, 0) is 21.2 Å². The van der Waals surface area contributed by atoms with Crippen molar-refractivity contribution in [3.8, 4) is 0 Å². The van der Waals surface area contributed by atoms with Crippen LogP contribution in [0, 0.1) is 0 Å². The molecule has 0 atom stereocenters. The molecule has 0 radical (unpaired) electrons. The molecule has 1 amide bonds. The second-order valence-electron chi connectivity index (χ2n) is 7.09. The smallest absolute Gasteiger partial charge is 0.243 e. The van der Waals surface area contributed by atoms with E-state index in [0.29, 0.717) is 49.8 Å². The Morgan fingerprint density at radius 1 is 1.07 bits per heavy atom. The van der Waals surface area contributed by atoms with Crippen LogP contribution in [0.15, 0.2) is 52.0 Å². The summed E-state index contributed by atoms with van der Waals surface area (Å²) in [5.41, 5.74) is 1.11. The van der Waals surface area contributed by atoms with Gasteiger partial charge in [-0.15, -0.1) is 0 Å². The third-order valence-electron chi connectivity index (χ3n) is 4.94. The molecule has 1 aliphatic heterocycles. The van der Waals surface area contributed by atoms with Gasteiger partial charge in [0.25, 0.3) is 0 Å². The van der Waals surface area contributed by atoms with Gasteiger partial charge in [0.15, 0.2) is 0 Å². The lowest BCUT2D eigenvalue weighted by atomic mass is 10.0. The summed E-state index contributed by atoms with van der Waals surface area (Å²) in [7, 11) is -3.52. The van der Waals surface area contributed by atoms with E-state index in [1.165, 1.54) is 4.31 Å². The highest BCUT2D eigenvalue weighted by Crippen LogP contribution is 2.21. The highest BCUT2D eigenvalue weighted by molar-refractivity contribution is 7.89. The number of benzene rings is 1. The molecule has 0 unspecified atom stereocenters. The standard InChI is InChI=1S/C20H26N2O4S/c1-16(2)17-5-8-19(9-6-17)27(24,25)22-13-11-21(12-14-22)20(23)10-7-18-4-3-15-26-18/h3-6,8-9,15-16H,7,10-14H2,1-2H3. The van der Waals surface area contributed by atoms with Crippen LogP contribution in [-0.4, -0.2) is 49.7 Å². The van der Waals surface area contributed by atoms with E-state index in [4.69, 9.17) is 4.42 Å². The third-order valence-corrected chi connectivity index (χ3v) is 6.85. The molecule has 6 nitrogen and oxygen atoms in total. The largest absolute Gasteiger partial charge is 0.469 e. The van der Waals surface area contributed by atoms with Crippen molar-refractivity contribution in [2.75, 3.05) is 26.2 Å². The minimum absolute atomic E-state index is 0.0322. The summed E-state index contributed by atoms with van der Waals surface area (Å²) in [6, 6.07) is 10.7. The van der Waals surface area contributed by atoms with E-state index in [2.05, 4.69) is 13.8 Å². The van der Waals surface area contributed by atoms with Gasteiger partial charge in [-0.1, -0.05) is 26.0 Å². The number of hydrogen-bond donors (Lipinski definition) is 0. The van der Waals surface area contributed by atoms with Crippen LogP contribution in [0.1, 0.15) is 37.5 Å². The monoisotopic (exact) mass is 390 g/mol. The Labute approximate surface area is 160 Å². The number of piperazine rings is 1. The van der Waals surface area contributed by atoms with Gasteiger partial charge in [0, 0.05) is 39.0 Å². The van der Waals surface area contributed by atoms with Crippen LogP contribution in [0.2, 0.25) is 0 Å². The number of sulfonamides is 1. The lowest BCUT2D eigenvalue weighted by Crippen LogP contribution is -2.50. The molecular weight excluding hydrogens is 364 g/mol. The molecule has 1 saturated heterocycles. The maximum atomic E-state index is 12.8. The second kappa shape index (κ2) is 8.27. The van der Waals surface area contributed by atoms with Crippen LogP contribution < -0.4 is 0 Å². The minimum atomic E-state index is -3.52. The molecule has 0 N–H and O–H groups in total. The van der Waals surface area contributed by atoms with Gasteiger partial charge in [-0.25, -0.2) is 8.42 Å². The van der Waals surface area contributed by atoms with Crippen molar-refractivity contribution in [2.24, 2.45) is 0 Å². The zero-order valence-electron chi connectivity index (χ0n) is 15.8. The first kappa shape index (κ1) is 19.6. The Bertz CT molecular complexity index is 850. The van der Waals surface area contributed by atoms with E-state index in [1.54, 1.807) is 29.4 Å². The van der Waals surface area contributed by atoms with Crippen molar-refractivity contribution >= 4 is 15.9 Å². The summed E-state index contributed by atoms with van der Waals surface area (Å²) in [6.07, 6.45) is 2.53. The van der Waals surface area contributed by atoms with E-state index >= 15 is 0 Å². The van der Waals surface area contributed by atoms with E-state index in [1.807, 2.05) is 18.2 Å². The molecule has 3 rings (SSSR count). The first-order valence-corrected chi connectivity index (χ1v) is 10.7. The Kier molecular flexibility index (Phi) is 6.01. The van der Waals surface area contributed by atoms with Gasteiger partial charge in [-0.2, -0.15) is 4.31 Å². The van der Waals surface area contributed by atoms with E-state index in [9.17, 15) is 13.2 Å². The SMILES string of the molecule is CC(C)c1ccc(S(=O)(=O)N2CCN(C(=O)CCc3ccco3)CC2)cc1. The maximum Gasteiger partial charge on any atom is 0.243 e. The summed E-state index contributed by atoms with van der Waals surface area (Å²) in [4.78, 5) is 14.4. The van der Waals surface area contributed by atoms with Crippen LogP contribution in [0.5, 0.6) is 0 Å². The number of furan rings is 1. The van der Waals surface area contributed by atoms with Crippen molar-refractivity contribution < 1.29 is 17.6 Å². The van der Waals surface area contributed by atoms with E-state index < -0.39 is 10.0 Å². The molecule has 146 valence electrons. The molecule has 2 aromatic rings. The van der Waals surface area contributed by atoms with E-state index in [-0.39, 0.29) is 5.91 Å². The van der Waals surface area contributed by atoms with Gasteiger partial charge in [0.05, 0.1) is 11.2 Å². The summed E-state index contributed by atoms with van der Waals surface area (Å²) in [5.74, 6) is 1.18. The fraction of sp³-hybridized carbons (Fsp3) is 0.450. The molecule has 7 heteroatoms. The average Bonchev–Trinajstić information content (AvgIpc) is 3.20. The summed E-state index contributed by atoms with van der Waals surface area (Å²) in [6.45, 7) is 5.62. The molecule has 2 heterocycles. The zero-order chi connectivity index (χ0) is 19.4. The van der Waals surface area contributed by atoms with Crippen LogP contribution in [0.3, 0.4) is 0 Å². The molecule has 1 aromatic heterocycles. The molecule has 27 heavy (non-hydrogen) atoms. The fourth-order valence-electron chi connectivity index (χ4n) is 3.19.